The standard InChI is InChI=1S/C23H20IN3O5/c1-31-20-10-14(9-18(24)22(20)32-13-21(28)29)8-16(11-25)23(30)26-7-6-15-12-27-19-5-3-2-4-17(15)19/h2-5,8-10,12,27H,6-7,13H2,1H3,(H,26,30)(H,28,29)/b16-8-. The zero-order chi connectivity index (χ0) is 23.1. The first-order chi connectivity index (χ1) is 15.4. The minimum atomic E-state index is -1.11. The maximum atomic E-state index is 12.5. The highest BCUT2D eigenvalue weighted by Crippen LogP contribution is 2.34. The van der Waals surface area contributed by atoms with Crippen LogP contribution in [0.4, 0.5) is 0 Å². The smallest absolute Gasteiger partial charge is 0.341 e. The molecule has 3 N–H and O–H groups in total. The van der Waals surface area contributed by atoms with Crippen LogP contribution in [0.5, 0.6) is 11.5 Å². The molecule has 0 aliphatic rings. The molecule has 1 aromatic heterocycles. The number of nitrogens with zero attached hydrogens (tertiary/aromatic N) is 1. The molecule has 0 unspecified atom stereocenters. The molecule has 164 valence electrons. The number of aliphatic carboxylic acids is 1. The van der Waals surface area contributed by atoms with E-state index in [1.165, 1.54) is 13.2 Å². The second kappa shape index (κ2) is 10.7. The number of carbonyl (C=O) groups excluding carboxylic acids is 1. The van der Waals surface area contributed by atoms with Crippen LogP contribution >= 0.6 is 22.6 Å². The largest absolute Gasteiger partial charge is 0.493 e. The summed E-state index contributed by atoms with van der Waals surface area (Å²) in [6.45, 7) is -0.133. The van der Waals surface area contributed by atoms with E-state index in [1.807, 2.05) is 59.1 Å². The van der Waals surface area contributed by atoms with Gasteiger partial charge >= 0.3 is 5.97 Å². The molecule has 3 aromatic rings. The summed E-state index contributed by atoms with van der Waals surface area (Å²) in [6.07, 6.45) is 3.99. The third-order valence-corrected chi connectivity index (χ3v) is 5.42. The molecule has 8 nitrogen and oxygen atoms in total. The lowest BCUT2D eigenvalue weighted by atomic mass is 10.1. The Hall–Kier alpha value is -3.52. The SMILES string of the molecule is COc1cc(/C=C(/C#N)C(=O)NCCc2c[nH]c3ccccc23)cc(I)c1OCC(=O)O. The zero-order valence-corrected chi connectivity index (χ0v) is 19.3. The van der Waals surface area contributed by atoms with Crippen LogP contribution < -0.4 is 14.8 Å². The van der Waals surface area contributed by atoms with Crippen LogP contribution in [-0.2, 0) is 16.0 Å². The molecular weight excluding hydrogens is 525 g/mol. The summed E-state index contributed by atoms with van der Waals surface area (Å²) in [5.74, 6) is -0.994. The number of aromatic amines is 1. The van der Waals surface area contributed by atoms with E-state index in [-0.39, 0.29) is 11.3 Å². The number of halogens is 1. The fourth-order valence-electron chi connectivity index (χ4n) is 3.16. The first-order valence-corrected chi connectivity index (χ1v) is 10.7. The number of carbonyl (C=O) groups is 2. The Morgan fingerprint density at radius 1 is 1.31 bits per heavy atom. The number of carboxylic acids is 1. The van der Waals surface area contributed by atoms with Crippen molar-refractivity contribution in [2.45, 2.75) is 6.42 Å². The highest BCUT2D eigenvalue weighted by Gasteiger charge is 2.15. The molecule has 2 aromatic carbocycles. The normalized spacial score (nSPS) is 11.1. The van der Waals surface area contributed by atoms with Crippen molar-refractivity contribution < 1.29 is 24.2 Å². The number of aromatic nitrogens is 1. The molecule has 0 atom stereocenters. The van der Waals surface area contributed by atoms with Crippen molar-refractivity contribution in [2.24, 2.45) is 0 Å². The summed E-state index contributed by atoms with van der Waals surface area (Å²) in [4.78, 5) is 26.5. The zero-order valence-electron chi connectivity index (χ0n) is 17.1. The number of H-pyrrole nitrogens is 1. The van der Waals surface area contributed by atoms with Gasteiger partial charge in [0.25, 0.3) is 5.91 Å². The Bertz CT molecular complexity index is 1230. The van der Waals surface area contributed by atoms with Crippen molar-refractivity contribution in [3.63, 3.8) is 0 Å². The molecule has 0 aliphatic carbocycles. The number of amides is 1. The number of carboxylic acid groups (broad SMARTS) is 1. The van der Waals surface area contributed by atoms with E-state index in [0.717, 1.165) is 16.5 Å². The maximum absolute atomic E-state index is 12.5. The van der Waals surface area contributed by atoms with Gasteiger partial charge in [0.2, 0.25) is 0 Å². The maximum Gasteiger partial charge on any atom is 0.341 e. The van der Waals surface area contributed by atoms with Gasteiger partial charge < -0.3 is 24.9 Å². The number of methoxy groups -OCH3 is 1. The minimum Gasteiger partial charge on any atom is -0.493 e. The summed E-state index contributed by atoms with van der Waals surface area (Å²) >= 11 is 1.98. The molecule has 0 bridgehead atoms. The topological polar surface area (TPSA) is 124 Å². The van der Waals surface area contributed by atoms with E-state index in [2.05, 4.69) is 10.3 Å². The first kappa shape index (κ1) is 23.1. The average Bonchev–Trinajstić information content (AvgIpc) is 3.19. The Morgan fingerprint density at radius 2 is 2.09 bits per heavy atom. The van der Waals surface area contributed by atoms with Crippen LogP contribution in [0.3, 0.4) is 0 Å². The second-order valence-corrected chi connectivity index (χ2v) is 7.91. The van der Waals surface area contributed by atoms with Gasteiger partial charge in [0.15, 0.2) is 18.1 Å². The van der Waals surface area contributed by atoms with Crippen LogP contribution in [0.25, 0.3) is 17.0 Å². The van der Waals surface area contributed by atoms with Crippen LogP contribution in [-0.4, -0.2) is 42.2 Å². The fraction of sp³-hybridized carbons (Fsp3) is 0.174. The summed E-state index contributed by atoms with van der Waals surface area (Å²) in [5.41, 5.74) is 2.61. The van der Waals surface area contributed by atoms with Gasteiger partial charge in [-0.3, -0.25) is 4.79 Å². The summed E-state index contributed by atoms with van der Waals surface area (Å²) in [6, 6.07) is 13.1. The van der Waals surface area contributed by atoms with Crippen LogP contribution in [0.15, 0.2) is 48.2 Å². The molecule has 1 amide bonds. The number of fused-ring (bicyclic) bond motifs is 1. The van der Waals surface area contributed by atoms with E-state index in [4.69, 9.17) is 14.6 Å². The summed E-state index contributed by atoms with van der Waals surface area (Å²) in [5, 5.41) is 22.2. The fourth-order valence-corrected chi connectivity index (χ4v) is 3.94. The molecular formula is C23H20IN3O5. The lowest BCUT2D eigenvalue weighted by Crippen LogP contribution is -2.26. The van der Waals surface area contributed by atoms with Gasteiger partial charge in [-0.05, 0) is 64.4 Å². The highest BCUT2D eigenvalue weighted by atomic mass is 127. The predicted molar refractivity (Wildman–Crippen MR) is 127 cm³/mol. The number of ether oxygens (including phenoxy) is 2. The highest BCUT2D eigenvalue weighted by molar-refractivity contribution is 14.1. The van der Waals surface area contributed by atoms with Gasteiger partial charge in [0, 0.05) is 23.6 Å². The van der Waals surface area contributed by atoms with Crippen LogP contribution in [0, 0.1) is 14.9 Å². The van der Waals surface area contributed by atoms with Crippen molar-refractivity contribution in [2.75, 3.05) is 20.3 Å². The predicted octanol–water partition coefficient (Wildman–Crippen LogP) is 3.51. The van der Waals surface area contributed by atoms with Gasteiger partial charge in [-0.25, -0.2) is 4.79 Å². The lowest BCUT2D eigenvalue weighted by Gasteiger charge is -2.12. The van der Waals surface area contributed by atoms with E-state index >= 15 is 0 Å². The number of hydrogen-bond donors (Lipinski definition) is 3. The van der Waals surface area contributed by atoms with Gasteiger partial charge in [0.05, 0.1) is 10.7 Å². The number of para-hydroxylation sites is 1. The van der Waals surface area contributed by atoms with Crippen molar-refractivity contribution in [1.82, 2.24) is 10.3 Å². The van der Waals surface area contributed by atoms with Gasteiger partial charge in [-0.2, -0.15) is 5.26 Å². The number of rotatable bonds is 9. The second-order valence-electron chi connectivity index (χ2n) is 6.75. The molecule has 32 heavy (non-hydrogen) atoms. The van der Waals surface area contributed by atoms with Crippen LogP contribution in [0.2, 0.25) is 0 Å². The average molecular weight is 545 g/mol. The Morgan fingerprint density at radius 3 is 2.81 bits per heavy atom. The third-order valence-electron chi connectivity index (χ3n) is 4.62. The molecule has 3 rings (SSSR count). The molecule has 1 heterocycles. The van der Waals surface area contributed by atoms with E-state index < -0.39 is 18.5 Å². The van der Waals surface area contributed by atoms with Crippen molar-refractivity contribution in [1.29, 1.82) is 5.26 Å². The molecule has 0 fully saturated rings. The molecule has 0 saturated heterocycles. The minimum absolute atomic E-state index is 0.0546. The van der Waals surface area contributed by atoms with Crippen LogP contribution in [0.1, 0.15) is 11.1 Å². The van der Waals surface area contributed by atoms with E-state index in [9.17, 15) is 14.9 Å². The number of benzene rings is 2. The van der Waals surface area contributed by atoms with Crippen molar-refractivity contribution >= 4 is 51.4 Å². The van der Waals surface area contributed by atoms with Gasteiger partial charge in [0.1, 0.15) is 11.6 Å². The number of hydrogen-bond acceptors (Lipinski definition) is 5. The Labute approximate surface area is 198 Å². The number of nitriles is 1. The summed E-state index contributed by atoms with van der Waals surface area (Å²) in [7, 11) is 1.43. The first-order valence-electron chi connectivity index (χ1n) is 9.60. The van der Waals surface area contributed by atoms with E-state index in [1.54, 1.807) is 12.1 Å². The third kappa shape index (κ3) is 5.59. The molecule has 0 radical (unpaired) electrons. The van der Waals surface area contributed by atoms with Gasteiger partial charge in [-0.15, -0.1) is 0 Å². The van der Waals surface area contributed by atoms with Gasteiger partial charge in [-0.1, -0.05) is 18.2 Å². The van der Waals surface area contributed by atoms with Crippen molar-refractivity contribution in [3.8, 4) is 17.6 Å². The number of nitrogens with one attached hydrogen (secondary N) is 2. The van der Waals surface area contributed by atoms with Crippen molar-refractivity contribution in [3.05, 3.63) is 62.9 Å². The Balaban J connectivity index is 1.70. The molecule has 0 saturated carbocycles. The lowest BCUT2D eigenvalue weighted by molar-refractivity contribution is -0.139. The molecule has 0 aliphatic heterocycles. The van der Waals surface area contributed by atoms with E-state index in [0.29, 0.717) is 27.8 Å². The summed E-state index contributed by atoms with van der Waals surface area (Å²) < 4.78 is 11.1. The quantitative estimate of drug-likeness (QED) is 0.215. The molecule has 0 spiro atoms. The Kier molecular flexibility index (Phi) is 7.72. The monoisotopic (exact) mass is 545 g/mol. The molecule has 9 heteroatoms.